The van der Waals surface area contributed by atoms with Crippen LogP contribution in [0.2, 0.25) is 0 Å². The third kappa shape index (κ3) is 4.94. The van der Waals surface area contributed by atoms with Gasteiger partial charge in [0.2, 0.25) is 3.79 Å². The zero-order valence-corrected chi connectivity index (χ0v) is 17.5. The van der Waals surface area contributed by atoms with E-state index < -0.39 is 51.7 Å². The van der Waals surface area contributed by atoms with Crippen LogP contribution in [0.5, 0.6) is 0 Å². The Hall–Kier alpha value is -1.43. The summed E-state index contributed by atoms with van der Waals surface area (Å²) >= 11 is 16.7. The van der Waals surface area contributed by atoms with Gasteiger partial charge in [0.05, 0.1) is 24.0 Å². The van der Waals surface area contributed by atoms with Crippen LogP contribution in [0.3, 0.4) is 0 Å². The predicted molar refractivity (Wildman–Crippen MR) is 99.9 cm³/mol. The number of likely N-dealkylation sites (tertiary alicyclic amines) is 1. The number of fused-ring (bicyclic) bond motifs is 1. The van der Waals surface area contributed by atoms with Gasteiger partial charge in [0.25, 0.3) is 0 Å². The summed E-state index contributed by atoms with van der Waals surface area (Å²) in [5, 5.41) is 19.5. The van der Waals surface area contributed by atoms with Crippen LogP contribution in [-0.2, 0) is 19.1 Å². The molecule has 1 saturated heterocycles. The summed E-state index contributed by atoms with van der Waals surface area (Å²) in [5.74, 6) is -2.83. The number of carbonyl (C=O) groups is 3. The zero-order valence-electron chi connectivity index (χ0n) is 15.2. The summed E-state index contributed by atoms with van der Waals surface area (Å²) in [6.45, 7) is 1.13. The van der Waals surface area contributed by atoms with Gasteiger partial charge in [0.1, 0.15) is 12.6 Å². The molecule has 1 aliphatic carbocycles. The molecule has 1 saturated carbocycles. The number of aliphatic carboxylic acids is 1. The monoisotopic (exact) mass is 454 g/mol. The fourth-order valence-electron chi connectivity index (χ4n) is 4.14. The number of rotatable bonds is 4. The van der Waals surface area contributed by atoms with Gasteiger partial charge in [-0.25, -0.2) is 9.59 Å². The largest absolute Gasteiger partial charge is 0.480 e. The second kappa shape index (κ2) is 8.93. The molecule has 11 heteroatoms. The average molecular weight is 456 g/mol. The van der Waals surface area contributed by atoms with Crippen molar-refractivity contribution in [3.63, 3.8) is 0 Å². The number of carboxylic acid groups (broad SMARTS) is 1. The summed E-state index contributed by atoms with van der Waals surface area (Å²) in [6.07, 6.45) is 0.490. The highest BCUT2D eigenvalue weighted by molar-refractivity contribution is 6.67. The van der Waals surface area contributed by atoms with Crippen LogP contribution in [0, 0.1) is 28.6 Å². The maximum Gasteiger partial charge on any atom is 0.410 e. The van der Waals surface area contributed by atoms with Crippen molar-refractivity contribution < 1.29 is 29.0 Å². The fourth-order valence-corrected chi connectivity index (χ4v) is 4.30. The van der Waals surface area contributed by atoms with Gasteiger partial charge in [-0.1, -0.05) is 41.2 Å². The van der Waals surface area contributed by atoms with Crippen molar-refractivity contribution in [2.24, 2.45) is 17.3 Å². The van der Waals surface area contributed by atoms with Crippen LogP contribution in [0.15, 0.2) is 0 Å². The maximum absolute atomic E-state index is 12.5. The van der Waals surface area contributed by atoms with Crippen molar-refractivity contribution in [1.29, 1.82) is 5.26 Å². The molecular weight excluding hydrogens is 435 g/mol. The molecule has 1 amide bonds. The quantitative estimate of drug-likeness (QED) is 0.511. The normalized spacial score (nSPS) is 30.0. The Labute approximate surface area is 177 Å². The summed E-state index contributed by atoms with van der Waals surface area (Å²) in [5.41, 5.74) is -1.07. The summed E-state index contributed by atoms with van der Waals surface area (Å²) in [4.78, 5) is 37.7. The average Bonchev–Trinajstić information content (AvgIpc) is 2.63. The van der Waals surface area contributed by atoms with E-state index in [0.717, 1.165) is 4.90 Å². The standard InChI is InChI=1S/C17H21Cl3N2O6/c1-2-27-14(25)10-4-3-5-16(7-21)8-22(12(13(23)24)6-11(10)16)15(26)28-9-17(18,19)20/h10-12H,2-6,8-9H2,1H3,(H,23,24)/t10-,11-,12+,16-/m0/s1. The molecule has 1 heterocycles. The first-order valence-corrected chi connectivity index (χ1v) is 9.99. The molecule has 2 aliphatic rings. The Morgan fingerprint density at radius 3 is 2.54 bits per heavy atom. The molecule has 0 bridgehead atoms. The van der Waals surface area contributed by atoms with Gasteiger partial charge in [-0.3, -0.25) is 9.69 Å². The van der Waals surface area contributed by atoms with Crippen LogP contribution in [0.4, 0.5) is 4.79 Å². The van der Waals surface area contributed by atoms with Gasteiger partial charge in [-0.15, -0.1) is 0 Å². The first-order valence-electron chi connectivity index (χ1n) is 8.85. The van der Waals surface area contributed by atoms with E-state index in [1.165, 1.54) is 0 Å². The lowest BCUT2D eigenvalue weighted by Crippen LogP contribution is -2.61. The van der Waals surface area contributed by atoms with E-state index in [9.17, 15) is 24.8 Å². The molecule has 2 rings (SSSR count). The number of halogens is 3. The number of nitriles is 1. The number of hydrogen-bond donors (Lipinski definition) is 1. The number of carbonyl (C=O) groups excluding carboxylic acids is 2. The van der Waals surface area contributed by atoms with Crippen molar-refractivity contribution in [3.8, 4) is 6.07 Å². The van der Waals surface area contributed by atoms with Gasteiger partial charge in [0.15, 0.2) is 0 Å². The Morgan fingerprint density at radius 1 is 1.32 bits per heavy atom. The third-order valence-corrected chi connectivity index (χ3v) is 5.66. The number of hydrogen-bond acceptors (Lipinski definition) is 6. The second-order valence-electron chi connectivity index (χ2n) is 7.01. The molecule has 0 aromatic carbocycles. The molecular formula is C17H21Cl3N2O6. The lowest BCUT2D eigenvalue weighted by atomic mass is 9.58. The van der Waals surface area contributed by atoms with E-state index in [-0.39, 0.29) is 19.6 Å². The highest BCUT2D eigenvalue weighted by atomic mass is 35.6. The van der Waals surface area contributed by atoms with Crippen molar-refractivity contribution >= 4 is 52.8 Å². The molecule has 0 unspecified atom stereocenters. The highest BCUT2D eigenvalue weighted by Gasteiger charge is 2.56. The van der Waals surface area contributed by atoms with E-state index >= 15 is 0 Å². The predicted octanol–water partition coefficient (Wildman–Crippen LogP) is 3.14. The number of ether oxygens (including phenoxy) is 2. The van der Waals surface area contributed by atoms with E-state index in [4.69, 9.17) is 44.3 Å². The van der Waals surface area contributed by atoms with Crippen LogP contribution >= 0.6 is 34.8 Å². The second-order valence-corrected chi connectivity index (χ2v) is 9.53. The first kappa shape index (κ1) is 22.9. The Balaban J connectivity index is 2.30. The van der Waals surface area contributed by atoms with Crippen molar-refractivity contribution in [2.75, 3.05) is 19.8 Å². The molecule has 0 radical (unpaired) electrons. The number of esters is 1. The molecule has 0 spiro atoms. The lowest BCUT2D eigenvalue weighted by Gasteiger charge is -2.51. The molecule has 1 N–H and O–H groups in total. The van der Waals surface area contributed by atoms with E-state index in [1.54, 1.807) is 6.92 Å². The van der Waals surface area contributed by atoms with Crippen molar-refractivity contribution in [1.82, 2.24) is 4.90 Å². The summed E-state index contributed by atoms with van der Waals surface area (Å²) < 4.78 is 8.21. The van der Waals surface area contributed by atoms with E-state index in [1.807, 2.05) is 0 Å². The van der Waals surface area contributed by atoms with Crippen LogP contribution in [0.1, 0.15) is 32.6 Å². The number of amides is 1. The number of carboxylic acids is 1. The van der Waals surface area contributed by atoms with Gasteiger partial charge >= 0.3 is 18.0 Å². The smallest absolute Gasteiger partial charge is 0.410 e. The molecule has 28 heavy (non-hydrogen) atoms. The summed E-state index contributed by atoms with van der Waals surface area (Å²) in [7, 11) is 0. The molecule has 156 valence electrons. The highest BCUT2D eigenvalue weighted by Crippen LogP contribution is 2.51. The van der Waals surface area contributed by atoms with Crippen LogP contribution < -0.4 is 0 Å². The molecule has 2 fully saturated rings. The zero-order chi connectivity index (χ0) is 21.1. The van der Waals surface area contributed by atoms with Gasteiger partial charge in [0, 0.05) is 6.54 Å². The minimum absolute atomic E-state index is 0.0603. The fraction of sp³-hybridized carbons (Fsp3) is 0.765. The molecule has 1 aliphatic heterocycles. The third-order valence-electron chi connectivity index (χ3n) is 5.33. The van der Waals surface area contributed by atoms with Crippen molar-refractivity contribution in [2.45, 2.75) is 42.4 Å². The summed E-state index contributed by atoms with van der Waals surface area (Å²) in [6, 6.07) is 0.975. The molecule has 0 aromatic rings. The van der Waals surface area contributed by atoms with Gasteiger partial charge < -0.3 is 14.6 Å². The van der Waals surface area contributed by atoms with Crippen LogP contribution in [-0.4, -0.2) is 57.6 Å². The minimum Gasteiger partial charge on any atom is -0.480 e. The van der Waals surface area contributed by atoms with Crippen molar-refractivity contribution in [3.05, 3.63) is 0 Å². The van der Waals surface area contributed by atoms with Crippen LogP contribution in [0.25, 0.3) is 0 Å². The lowest BCUT2D eigenvalue weighted by molar-refractivity contribution is -0.161. The Bertz CT molecular complexity index is 677. The topological polar surface area (TPSA) is 117 Å². The number of alkyl halides is 3. The SMILES string of the molecule is CCOC(=O)[C@H]1CCC[C@]2(C#N)CN(C(=O)OCC(Cl)(Cl)Cl)[C@@H](C(=O)O)C[C@@H]12. The van der Waals surface area contributed by atoms with Gasteiger partial charge in [-0.2, -0.15) is 5.26 Å². The van der Waals surface area contributed by atoms with E-state index in [2.05, 4.69) is 6.07 Å². The minimum atomic E-state index is -1.85. The van der Waals surface area contributed by atoms with E-state index in [0.29, 0.717) is 19.3 Å². The van der Waals surface area contributed by atoms with Gasteiger partial charge in [-0.05, 0) is 32.1 Å². The Kier molecular flexibility index (Phi) is 7.29. The molecule has 8 nitrogen and oxygen atoms in total. The molecule has 4 atom stereocenters. The first-order chi connectivity index (χ1) is 13.0. The number of nitrogens with zero attached hydrogens (tertiary/aromatic N) is 2. The number of piperidine rings is 1. The maximum atomic E-state index is 12.5. The molecule has 0 aromatic heterocycles. The Morgan fingerprint density at radius 2 is 2.00 bits per heavy atom.